The lowest BCUT2D eigenvalue weighted by Crippen LogP contribution is -2.46. The van der Waals surface area contributed by atoms with Crippen LogP contribution in [0.5, 0.6) is 0 Å². The molecule has 0 aromatic carbocycles. The average molecular weight is 818 g/mol. The van der Waals surface area contributed by atoms with Gasteiger partial charge in [-0.15, -0.1) is 0 Å². The normalized spacial score (nSPS) is 13.4. The van der Waals surface area contributed by atoms with Crippen LogP contribution in [0.3, 0.4) is 0 Å². The van der Waals surface area contributed by atoms with Crippen LogP contribution in [0.25, 0.3) is 0 Å². The maximum atomic E-state index is 13.2. The first-order valence-electron chi connectivity index (χ1n) is 25.6. The zero-order chi connectivity index (χ0) is 42.4. The van der Waals surface area contributed by atoms with E-state index in [1.807, 2.05) is 0 Å². The molecule has 0 heterocycles. The number of aliphatic hydroxyl groups is 2. The second-order valence-electron chi connectivity index (χ2n) is 17.6. The van der Waals surface area contributed by atoms with Gasteiger partial charge in [-0.25, -0.2) is 0 Å². The van der Waals surface area contributed by atoms with Crippen molar-refractivity contribution in [1.82, 2.24) is 5.32 Å². The Labute approximate surface area is 361 Å². The van der Waals surface area contributed by atoms with Crippen molar-refractivity contribution < 1.29 is 24.5 Å². The number of hydrogen-bond acceptors (Lipinski definition) is 5. The lowest BCUT2D eigenvalue weighted by atomic mass is 10.0. The van der Waals surface area contributed by atoms with Crippen LogP contribution < -0.4 is 5.32 Å². The molecule has 0 aliphatic carbocycles. The summed E-state index contributed by atoms with van der Waals surface area (Å²) in [6.45, 7) is 6.47. The van der Waals surface area contributed by atoms with Gasteiger partial charge in [-0.1, -0.05) is 206 Å². The molecule has 0 aliphatic rings. The molecule has 0 radical (unpaired) electrons. The van der Waals surface area contributed by atoms with Gasteiger partial charge in [-0.2, -0.15) is 0 Å². The maximum Gasteiger partial charge on any atom is 0.306 e. The van der Waals surface area contributed by atoms with Crippen molar-refractivity contribution in [1.29, 1.82) is 0 Å². The number of hydrogen-bond donors (Lipinski definition) is 3. The standard InChI is InChI=1S/C52H99NO5/c1-4-7-10-13-16-19-22-24-26-29-31-34-37-40-43-48(58-52(57)45-42-39-36-33-30-27-25-23-20-17-14-11-8-5-2)46-51(56)53-49(47-54)50(55)44-41-38-35-32-28-21-18-15-12-9-6-3/h26-27,29-30,48-50,54-55H,4-25,28,31-47H2,1-3H3,(H,53,56)/b29-26+,30-27-. The van der Waals surface area contributed by atoms with Crippen molar-refractivity contribution in [3.8, 4) is 0 Å². The van der Waals surface area contributed by atoms with Crippen LogP contribution in [0, 0.1) is 0 Å². The third-order valence-corrected chi connectivity index (χ3v) is 11.8. The molecule has 0 saturated carbocycles. The molecule has 0 bridgehead atoms. The lowest BCUT2D eigenvalue weighted by Gasteiger charge is -2.24. The van der Waals surface area contributed by atoms with E-state index in [9.17, 15) is 19.8 Å². The predicted octanol–water partition coefficient (Wildman–Crippen LogP) is 15.1. The minimum atomic E-state index is -0.789. The molecule has 0 rings (SSSR count). The van der Waals surface area contributed by atoms with Crippen LogP contribution in [0.4, 0.5) is 0 Å². The smallest absolute Gasteiger partial charge is 0.306 e. The zero-order valence-electron chi connectivity index (χ0n) is 38.9. The van der Waals surface area contributed by atoms with Gasteiger partial charge in [-0.3, -0.25) is 9.59 Å². The van der Waals surface area contributed by atoms with Gasteiger partial charge in [-0.05, 0) is 77.0 Å². The third-order valence-electron chi connectivity index (χ3n) is 11.8. The van der Waals surface area contributed by atoms with E-state index in [0.29, 0.717) is 19.3 Å². The summed E-state index contributed by atoms with van der Waals surface area (Å²) in [5, 5.41) is 23.7. The van der Waals surface area contributed by atoms with Crippen LogP contribution >= 0.6 is 0 Å². The Hall–Kier alpha value is -1.66. The Bertz CT molecular complexity index is 919. The lowest BCUT2D eigenvalue weighted by molar-refractivity contribution is -0.151. The highest BCUT2D eigenvalue weighted by Gasteiger charge is 2.24. The number of rotatable bonds is 46. The molecule has 3 N–H and O–H groups in total. The molecular formula is C52H99NO5. The first-order valence-corrected chi connectivity index (χ1v) is 25.6. The number of carbonyl (C=O) groups is 2. The second-order valence-corrected chi connectivity index (χ2v) is 17.6. The van der Waals surface area contributed by atoms with Gasteiger partial charge in [0.2, 0.25) is 5.91 Å². The molecule has 6 heteroatoms. The molecule has 0 aliphatic heterocycles. The monoisotopic (exact) mass is 818 g/mol. The van der Waals surface area contributed by atoms with Gasteiger partial charge in [0, 0.05) is 6.42 Å². The summed E-state index contributed by atoms with van der Waals surface area (Å²) in [7, 11) is 0. The number of esters is 1. The van der Waals surface area contributed by atoms with Gasteiger partial charge in [0.15, 0.2) is 0 Å². The fourth-order valence-electron chi connectivity index (χ4n) is 7.83. The van der Waals surface area contributed by atoms with Crippen molar-refractivity contribution in [2.24, 2.45) is 0 Å². The largest absolute Gasteiger partial charge is 0.462 e. The van der Waals surface area contributed by atoms with Crippen LogP contribution in [0.15, 0.2) is 24.3 Å². The highest BCUT2D eigenvalue weighted by Crippen LogP contribution is 2.17. The molecule has 1 amide bonds. The molecule has 0 aromatic rings. The van der Waals surface area contributed by atoms with Crippen molar-refractivity contribution in [2.45, 2.75) is 289 Å². The summed E-state index contributed by atoms with van der Waals surface area (Å²) in [4.78, 5) is 26.1. The van der Waals surface area contributed by atoms with E-state index < -0.39 is 18.2 Å². The SMILES string of the molecule is CCCCCCCCC/C=C\CCCCCC(=O)OC(CCCCC/C=C/CCCCCCCCC)CC(=O)NC(CO)C(O)CCCCCCCCCCCCC. The molecule has 58 heavy (non-hydrogen) atoms. The summed E-state index contributed by atoms with van der Waals surface area (Å²) in [5.74, 6) is -0.498. The van der Waals surface area contributed by atoms with Gasteiger partial charge >= 0.3 is 5.97 Å². The summed E-state index contributed by atoms with van der Waals surface area (Å²) >= 11 is 0. The average Bonchev–Trinajstić information content (AvgIpc) is 3.22. The Morgan fingerprint density at radius 1 is 0.483 bits per heavy atom. The van der Waals surface area contributed by atoms with Crippen LogP contribution in [-0.2, 0) is 14.3 Å². The fourth-order valence-corrected chi connectivity index (χ4v) is 7.83. The van der Waals surface area contributed by atoms with Crippen molar-refractivity contribution in [3.05, 3.63) is 24.3 Å². The molecule has 0 spiro atoms. The highest BCUT2D eigenvalue weighted by atomic mass is 16.5. The molecule has 3 atom stereocenters. The van der Waals surface area contributed by atoms with E-state index in [4.69, 9.17) is 4.74 Å². The molecular weight excluding hydrogens is 719 g/mol. The molecule has 0 fully saturated rings. The van der Waals surface area contributed by atoms with Gasteiger partial charge < -0.3 is 20.3 Å². The number of carbonyl (C=O) groups excluding carboxylic acids is 2. The van der Waals surface area contributed by atoms with Gasteiger partial charge in [0.05, 0.1) is 25.2 Å². The molecule has 3 unspecified atom stereocenters. The van der Waals surface area contributed by atoms with E-state index in [2.05, 4.69) is 50.4 Å². The van der Waals surface area contributed by atoms with Crippen molar-refractivity contribution >= 4 is 11.9 Å². The molecule has 342 valence electrons. The van der Waals surface area contributed by atoms with E-state index in [-0.39, 0.29) is 24.9 Å². The number of allylic oxidation sites excluding steroid dienone is 4. The number of nitrogens with one attached hydrogen (secondary N) is 1. The van der Waals surface area contributed by atoms with E-state index in [1.165, 1.54) is 154 Å². The zero-order valence-corrected chi connectivity index (χ0v) is 38.9. The minimum absolute atomic E-state index is 0.0648. The van der Waals surface area contributed by atoms with Crippen LogP contribution in [0.1, 0.15) is 271 Å². The predicted molar refractivity (Wildman–Crippen MR) is 250 cm³/mol. The van der Waals surface area contributed by atoms with E-state index in [1.54, 1.807) is 0 Å². The van der Waals surface area contributed by atoms with Crippen molar-refractivity contribution in [2.75, 3.05) is 6.61 Å². The van der Waals surface area contributed by atoms with E-state index in [0.717, 1.165) is 70.6 Å². The van der Waals surface area contributed by atoms with E-state index >= 15 is 0 Å². The van der Waals surface area contributed by atoms with Crippen molar-refractivity contribution in [3.63, 3.8) is 0 Å². The first-order chi connectivity index (χ1) is 28.5. The Kier molecular flexibility index (Phi) is 45.1. The number of amides is 1. The molecule has 0 saturated heterocycles. The van der Waals surface area contributed by atoms with Gasteiger partial charge in [0.1, 0.15) is 6.10 Å². The first kappa shape index (κ1) is 56.3. The summed E-state index contributed by atoms with van der Waals surface area (Å²) < 4.78 is 5.92. The summed E-state index contributed by atoms with van der Waals surface area (Å²) in [6.07, 6.45) is 52.4. The Balaban J connectivity index is 4.61. The number of ether oxygens (including phenoxy) is 1. The maximum absolute atomic E-state index is 13.2. The quantitative estimate of drug-likeness (QED) is 0.0323. The topological polar surface area (TPSA) is 95.9 Å². The molecule has 0 aromatic heterocycles. The summed E-state index contributed by atoms with van der Waals surface area (Å²) in [6, 6.07) is -0.704. The number of unbranched alkanes of at least 4 members (excludes halogenated alkanes) is 30. The highest BCUT2D eigenvalue weighted by molar-refractivity contribution is 5.77. The summed E-state index contributed by atoms with van der Waals surface area (Å²) in [5.41, 5.74) is 0. The van der Waals surface area contributed by atoms with Gasteiger partial charge in [0.25, 0.3) is 0 Å². The fraction of sp³-hybridized carbons (Fsp3) is 0.885. The third kappa shape index (κ3) is 41.1. The molecule has 6 nitrogen and oxygen atoms in total. The van der Waals surface area contributed by atoms with Crippen LogP contribution in [-0.4, -0.2) is 46.9 Å². The van der Waals surface area contributed by atoms with Crippen LogP contribution in [0.2, 0.25) is 0 Å². The number of aliphatic hydroxyl groups excluding tert-OH is 2. The minimum Gasteiger partial charge on any atom is -0.462 e. The Morgan fingerprint density at radius 3 is 1.24 bits per heavy atom. The Morgan fingerprint density at radius 2 is 0.828 bits per heavy atom. The second kappa shape index (κ2) is 46.4.